The molecule has 0 saturated heterocycles. The van der Waals surface area contributed by atoms with Crippen LogP contribution in [0.4, 0.5) is 5.69 Å². The van der Waals surface area contributed by atoms with Gasteiger partial charge in [-0.3, -0.25) is 9.69 Å². The Morgan fingerprint density at radius 2 is 1.77 bits per heavy atom. The van der Waals surface area contributed by atoms with Gasteiger partial charge in [0, 0.05) is 12.2 Å². The number of nitrogens with zero attached hydrogens (tertiary/aromatic N) is 1. The third-order valence-corrected chi connectivity index (χ3v) is 3.44. The van der Waals surface area contributed by atoms with Crippen molar-refractivity contribution in [1.29, 1.82) is 0 Å². The molecule has 2 aromatic carbocycles. The standard InChI is InChI=1S/C18H22N2O2/c1-3-20(13-15-7-5-4-6-8-15)14-18(21)19-16-9-11-17(22-2)12-10-16/h4-12H,3,13-14H2,1-2H3,(H,19,21). The van der Waals surface area contributed by atoms with E-state index in [2.05, 4.69) is 29.3 Å². The number of anilines is 1. The summed E-state index contributed by atoms with van der Waals surface area (Å²) in [4.78, 5) is 14.2. The van der Waals surface area contributed by atoms with Gasteiger partial charge in [0.15, 0.2) is 0 Å². The van der Waals surface area contributed by atoms with Crippen molar-refractivity contribution in [3.8, 4) is 5.75 Å². The Balaban J connectivity index is 1.88. The third kappa shape index (κ3) is 4.90. The predicted octanol–water partition coefficient (Wildman–Crippen LogP) is 3.16. The average molecular weight is 298 g/mol. The summed E-state index contributed by atoms with van der Waals surface area (Å²) in [5.74, 6) is 0.764. The van der Waals surface area contributed by atoms with E-state index in [9.17, 15) is 4.79 Å². The molecule has 0 atom stereocenters. The number of hydrogen-bond acceptors (Lipinski definition) is 3. The number of hydrogen-bond donors (Lipinski definition) is 1. The molecule has 0 heterocycles. The number of carbonyl (C=O) groups is 1. The second-order valence-electron chi connectivity index (χ2n) is 5.07. The van der Waals surface area contributed by atoms with E-state index in [0.29, 0.717) is 6.54 Å². The van der Waals surface area contributed by atoms with E-state index in [1.54, 1.807) is 7.11 Å². The van der Waals surface area contributed by atoms with Crippen LogP contribution in [0.25, 0.3) is 0 Å². The first kappa shape index (κ1) is 16.0. The van der Waals surface area contributed by atoms with Gasteiger partial charge in [-0.25, -0.2) is 0 Å². The maximum atomic E-state index is 12.1. The molecule has 0 radical (unpaired) electrons. The number of amides is 1. The molecule has 116 valence electrons. The van der Waals surface area contributed by atoms with Gasteiger partial charge in [0.1, 0.15) is 5.75 Å². The Morgan fingerprint density at radius 1 is 1.09 bits per heavy atom. The lowest BCUT2D eigenvalue weighted by molar-refractivity contribution is -0.117. The molecule has 1 amide bonds. The summed E-state index contributed by atoms with van der Waals surface area (Å²) < 4.78 is 5.10. The first-order chi connectivity index (χ1) is 10.7. The number of ether oxygens (including phenoxy) is 1. The molecule has 4 nitrogen and oxygen atoms in total. The Kier molecular flexibility index (Phi) is 5.98. The normalized spacial score (nSPS) is 10.5. The van der Waals surface area contributed by atoms with Crippen LogP contribution in [0.15, 0.2) is 54.6 Å². The van der Waals surface area contributed by atoms with E-state index in [1.165, 1.54) is 5.56 Å². The minimum Gasteiger partial charge on any atom is -0.497 e. The molecule has 0 spiro atoms. The van der Waals surface area contributed by atoms with Crippen LogP contribution < -0.4 is 10.1 Å². The fraction of sp³-hybridized carbons (Fsp3) is 0.278. The summed E-state index contributed by atoms with van der Waals surface area (Å²) in [5, 5.41) is 2.91. The first-order valence-corrected chi connectivity index (χ1v) is 7.41. The van der Waals surface area contributed by atoms with Crippen molar-refractivity contribution in [2.75, 3.05) is 25.5 Å². The largest absolute Gasteiger partial charge is 0.497 e. The Labute approximate surface area is 131 Å². The van der Waals surface area contributed by atoms with Gasteiger partial charge in [0.25, 0.3) is 0 Å². The highest BCUT2D eigenvalue weighted by Gasteiger charge is 2.10. The van der Waals surface area contributed by atoms with E-state index < -0.39 is 0 Å². The van der Waals surface area contributed by atoms with Crippen molar-refractivity contribution in [1.82, 2.24) is 4.90 Å². The number of rotatable bonds is 7. The molecule has 2 rings (SSSR count). The molecule has 0 bridgehead atoms. The Bertz CT molecular complexity index is 582. The minimum atomic E-state index is -0.0112. The molecule has 0 fully saturated rings. The van der Waals surface area contributed by atoms with Gasteiger partial charge in [-0.15, -0.1) is 0 Å². The molecule has 0 saturated carbocycles. The quantitative estimate of drug-likeness (QED) is 0.853. The predicted molar refractivity (Wildman–Crippen MR) is 89.0 cm³/mol. The van der Waals surface area contributed by atoms with Crippen molar-refractivity contribution in [2.24, 2.45) is 0 Å². The first-order valence-electron chi connectivity index (χ1n) is 7.41. The molecule has 0 aliphatic heterocycles. The zero-order valence-corrected chi connectivity index (χ0v) is 13.1. The van der Waals surface area contributed by atoms with Crippen LogP contribution in [0.5, 0.6) is 5.75 Å². The van der Waals surface area contributed by atoms with Gasteiger partial charge in [0.2, 0.25) is 5.91 Å². The van der Waals surface area contributed by atoms with Crippen LogP contribution in [-0.4, -0.2) is 31.0 Å². The fourth-order valence-corrected chi connectivity index (χ4v) is 2.20. The van der Waals surface area contributed by atoms with E-state index in [0.717, 1.165) is 24.5 Å². The smallest absolute Gasteiger partial charge is 0.238 e. The zero-order chi connectivity index (χ0) is 15.8. The summed E-state index contributed by atoms with van der Waals surface area (Å²) in [6.45, 7) is 4.03. The lowest BCUT2D eigenvalue weighted by Crippen LogP contribution is -2.32. The monoisotopic (exact) mass is 298 g/mol. The lowest BCUT2D eigenvalue weighted by atomic mass is 10.2. The van der Waals surface area contributed by atoms with Gasteiger partial charge in [0.05, 0.1) is 13.7 Å². The van der Waals surface area contributed by atoms with Crippen molar-refractivity contribution >= 4 is 11.6 Å². The highest BCUT2D eigenvalue weighted by molar-refractivity contribution is 5.92. The van der Waals surface area contributed by atoms with Crippen LogP contribution >= 0.6 is 0 Å². The van der Waals surface area contributed by atoms with Gasteiger partial charge in [-0.2, -0.15) is 0 Å². The van der Waals surface area contributed by atoms with Gasteiger partial charge in [-0.05, 0) is 36.4 Å². The topological polar surface area (TPSA) is 41.6 Å². The highest BCUT2D eigenvalue weighted by atomic mass is 16.5. The molecule has 0 unspecified atom stereocenters. The lowest BCUT2D eigenvalue weighted by Gasteiger charge is -2.20. The molecule has 0 aliphatic carbocycles. The molecule has 0 aromatic heterocycles. The third-order valence-electron chi connectivity index (χ3n) is 3.44. The fourth-order valence-electron chi connectivity index (χ4n) is 2.20. The molecular formula is C18H22N2O2. The van der Waals surface area contributed by atoms with Crippen LogP contribution in [0, 0.1) is 0 Å². The van der Waals surface area contributed by atoms with Crippen molar-refractivity contribution in [3.63, 3.8) is 0 Å². The van der Waals surface area contributed by atoms with Crippen molar-refractivity contribution in [3.05, 3.63) is 60.2 Å². The summed E-state index contributed by atoms with van der Waals surface area (Å²) in [7, 11) is 1.62. The van der Waals surface area contributed by atoms with E-state index in [-0.39, 0.29) is 5.91 Å². The van der Waals surface area contributed by atoms with Crippen LogP contribution in [0.2, 0.25) is 0 Å². The molecule has 0 aliphatic rings. The van der Waals surface area contributed by atoms with Crippen LogP contribution in [0.1, 0.15) is 12.5 Å². The number of methoxy groups -OCH3 is 1. The van der Waals surface area contributed by atoms with Crippen molar-refractivity contribution in [2.45, 2.75) is 13.5 Å². The molecule has 2 aromatic rings. The summed E-state index contributed by atoms with van der Waals surface area (Å²) >= 11 is 0. The van der Waals surface area contributed by atoms with Crippen LogP contribution in [-0.2, 0) is 11.3 Å². The molecule has 1 N–H and O–H groups in total. The number of likely N-dealkylation sites (N-methyl/N-ethyl adjacent to an activating group) is 1. The number of benzene rings is 2. The van der Waals surface area contributed by atoms with Crippen molar-refractivity contribution < 1.29 is 9.53 Å². The summed E-state index contributed by atoms with van der Waals surface area (Å²) in [5.41, 5.74) is 1.99. The summed E-state index contributed by atoms with van der Waals surface area (Å²) in [6, 6.07) is 17.5. The van der Waals surface area contributed by atoms with Gasteiger partial charge in [-0.1, -0.05) is 37.3 Å². The van der Waals surface area contributed by atoms with E-state index in [1.807, 2.05) is 42.5 Å². The Morgan fingerprint density at radius 3 is 2.36 bits per heavy atom. The number of carbonyl (C=O) groups excluding carboxylic acids is 1. The maximum absolute atomic E-state index is 12.1. The van der Waals surface area contributed by atoms with Crippen LogP contribution in [0.3, 0.4) is 0 Å². The van der Waals surface area contributed by atoms with E-state index >= 15 is 0 Å². The van der Waals surface area contributed by atoms with E-state index in [4.69, 9.17) is 4.74 Å². The maximum Gasteiger partial charge on any atom is 0.238 e. The summed E-state index contributed by atoms with van der Waals surface area (Å²) in [6.07, 6.45) is 0. The SMILES string of the molecule is CCN(CC(=O)Nc1ccc(OC)cc1)Cc1ccccc1. The van der Waals surface area contributed by atoms with Gasteiger partial charge >= 0.3 is 0 Å². The average Bonchev–Trinajstić information content (AvgIpc) is 2.56. The second kappa shape index (κ2) is 8.20. The highest BCUT2D eigenvalue weighted by Crippen LogP contribution is 2.15. The zero-order valence-electron chi connectivity index (χ0n) is 13.1. The van der Waals surface area contributed by atoms with Gasteiger partial charge < -0.3 is 10.1 Å². The molecule has 4 heteroatoms. The molecular weight excluding hydrogens is 276 g/mol. The second-order valence-corrected chi connectivity index (χ2v) is 5.07. The molecule has 22 heavy (non-hydrogen) atoms. The minimum absolute atomic E-state index is 0.0112. The number of nitrogens with one attached hydrogen (secondary N) is 1. The Hall–Kier alpha value is -2.33.